The van der Waals surface area contributed by atoms with Gasteiger partial charge in [-0.3, -0.25) is 0 Å². The molecule has 0 amide bonds. The van der Waals surface area contributed by atoms with Crippen LogP contribution >= 0.6 is 11.6 Å². The van der Waals surface area contributed by atoms with Gasteiger partial charge in [-0.15, -0.1) is 10.2 Å². The van der Waals surface area contributed by atoms with Crippen molar-refractivity contribution in [2.45, 2.75) is 42.4 Å². The summed E-state index contributed by atoms with van der Waals surface area (Å²) in [6.45, 7) is 3.36. The van der Waals surface area contributed by atoms with Gasteiger partial charge in [0.05, 0.1) is 5.25 Å². The molecule has 8 heteroatoms. The van der Waals surface area contributed by atoms with Crippen LogP contribution in [0.3, 0.4) is 0 Å². The molecule has 2 aliphatic rings. The zero-order chi connectivity index (χ0) is 19.6. The van der Waals surface area contributed by atoms with E-state index in [-0.39, 0.29) is 10.3 Å². The van der Waals surface area contributed by atoms with Crippen LogP contribution in [0.2, 0.25) is 5.02 Å². The maximum absolute atomic E-state index is 12.8. The van der Waals surface area contributed by atoms with Crippen molar-refractivity contribution >= 4 is 32.9 Å². The summed E-state index contributed by atoms with van der Waals surface area (Å²) in [6, 6.07) is 11.3. The van der Waals surface area contributed by atoms with Gasteiger partial charge in [-0.2, -0.15) is 0 Å². The maximum Gasteiger partial charge on any atom is 0.200 e. The molecular formula is C20H25ClN4O2S. The molecule has 28 heavy (non-hydrogen) atoms. The molecule has 4 rings (SSSR count). The Labute approximate surface area is 171 Å². The predicted octanol–water partition coefficient (Wildman–Crippen LogP) is 3.56. The second-order valence-electron chi connectivity index (χ2n) is 7.49. The van der Waals surface area contributed by atoms with Gasteiger partial charge in [0.2, 0.25) is 0 Å². The van der Waals surface area contributed by atoms with Gasteiger partial charge >= 0.3 is 0 Å². The van der Waals surface area contributed by atoms with Gasteiger partial charge in [-0.05, 0) is 49.2 Å². The van der Waals surface area contributed by atoms with Crippen molar-refractivity contribution in [3.63, 3.8) is 0 Å². The Morgan fingerprint density at radius 3 is 2.07 bits per heavy atom. The van der Waals surface area contributed by atoms with Gasteiger partial charge in [-0.25, -0.2) is 8.42 Å². The molecule has 6 nitrogen and oxygen atoms in total. The van der Waals surface area contributed by atoms with Crippen LogP contribution in [0, 0.1) is 0 Å². The highest BCUT2D eigenvalue weighted by Crippen LogP contribution is 2.28. The summed E-state index contributed by atoms with van der Waals surface area (Å²) in [7, 11) is -3.37. The number of anilines is 2. The third kappa shape index (κ3) is 4.10. The average molecular weight is 421 g/mol. The Kier molecular flexibility index (Phi) is 5.73. The van der Waals surface area contributed by atoms with E-state index in [0.717, 1.165) is 74.8 Å². The third-order valence-corrected chi connectivity index (χ3v) is 8.11. The van der Waals surface area contributed by atoms with E-state index in [9.17, 15) is 8.42 Å². The van der Waals surface area contributed by atoms with E-state index in [1.54, 1.807) is 12.1 Å². The molecule has 2 heterocycles. The second kappa shape index (κ2) is 8.25. The molecule has 1 saturated carbocycles. The Balaban J connectivity index is 1.40. The molecule has 0 bridgehead atoms. The highest BCUT2D eigenvalue weighted by atomic mass is 35.5. The molecule has 2 fully saturated rings. The van der Waals surface area contributed by atoms with E-state index in [0.29, 0.717) is 0 Å². The number of piperazine rings is 1. The first-order chi connectivity index (χ1) is 13.5. The highest BCUT2D eigenvalue weighted by molar-refractivity contribution is 7.92. The van der Waals surface area contributed by atoms with Crippen LogP contribution in [0.15, 0.2) is 41.4 Å². The summed E-state index contributed by atoms with van der Waals surface area (Å²) in [4.78, 5) is 4.46. The van der Waals surface area contributed by atoms with Gasteiger partial charge in [0, 0.05) is 36.9 Å². The predicted molar refractivity (Wildman–Crippen MR) is 112 cm³/mol. The number of hydrogen-bond donors (Lipinski definition) is 0. The number of sulfone groups is 1. The zero-order valence-electron chi connectivity index (χ0n) is 15.8. The molecule has 0 unspecified atom stereocenters. The van der Waals surface area contributed by atoms with E-state index >= 15 is 0 Å². The minimum atomic E-state index is -3.37. The van der Waals surface area contributed by atoms with E-state index in [1.165, 1.54) is 0 Å². The third-order valence-electron chi connectivity index (χ3n) is 5.70. The van der Waals surface area contributed by atoms with E-state index in [2.05, 4.69) is 20.0 Å². The van der Waals surface area contributed by atoms with Crippen LogP contribution in [0.5, 0.6) is 0 Å². The number of aromatic nitrogens is 2. The molecule has 0 radical (unpaired) electrons. The standard InChI is InChI=1S/C20H25ClN4O2S/c21-16-6-8-17(9-7-16)24-12-14-25(15-13-24)19-10-11-20(23-22-19)28(26,27)18-4-2-1-3-5-18/h6-11,18H,1-5,12-15H2. The van der Waals surface area contributed by atoms with Gasteiger partial charge < -0.3 is 9.80 Å². The minimum absolute atomic E-state index is 0.114. The fourth-order valence-electron chi connectivity index (χ4n) is 4.03. The summed E-state index contributed by atoms with van der Waals surface area (Å²) < 4.78 is 25.5. The van der Waals surface area contributed by atoms with Gasteiger partial charge in [0.15, 0.2) is 20.7 Å². The van der Waals surface area contributed by atoms with Crippen LogP contribution in [0.1, 0.15) is 32.1 Å². The van der Waals surface area contributed by atoms with Gasteiger partial charge in [0.1, 0.15) is 0 Å². The SMILES string of the molecule is O=S(=O)(c1ccc(N2CCN(c3ccc(Cl)cc3)CC2)nn1)C1CCCCC1. The normalized spacial score (nSPS) is 19.0. The Hall–Kier alpha value is -1.86. The van der Waals surface area contributed by atoms with Gasteiger partial charge in [0.25, 0.3) is 0 Å². The lowest BCUT2D eigenvalue weighted by Gasteiger charge is -2.36. The monoisotopic (exact) mass is 420 g/mol. The number of nitrogens with zero attached hydrogens (tertiary/aromatic N) is 4. The fraction of sp³-hybridized carbons (Fsp3) is 0.500. The van der Waals surface area contributed by atoms with Gasteiger partial charge in [-0.1, -0.05) is 30.9 Å². The van der Waals surface area contributed by atoms with Crippen LogP contribution in [-0.4, -0.2) is 50.0 Å². The summed E-state index contributed by atoms with van der Waals surface area (Å²) in [5, 5.41) is 8.86. The molecule has 0 atom stereocenters. The first-order valence-corrected chi connectivity index (χ1v) is 11.8. The fourth-order valence-corrected chi connectivity index (χ4v) is 5.86. The van der Waals surface area contributed by atoms with E-state index < -0.39 is 9.84 Å². The summed E-state index contributed by atoms with van der Waals surface area (Å²) in [5.41, 5.74) is 1.16. The van der Waals surface area contributed by atoms with Crippen LogP contribution < -0.4 is 9.80 Å². The van der Waals surface area contributed by atoms with Crippen molar-refractivity contribution < 1.29 is 8.42 Å². The lowest BCUT2D eigenvalue weighted by Crippen LogP contribution is -2.46. The molecule has 1 aliphatic carbocycles. The summed E-state index contributed by atoms with van der Waals surface area (Å²) in [6.07, 6.45) is 4.55. The molecule has 1 aromatic carbocycles. The number of hydrogen-bond acceptors (Lipinski definition) is 6. The minimum Gasteiger partial charge on any atom is -0.368 e. The topological polar surface area (TPSA) is 66.4 Å². The van der Waals surface area contributed by atoms with Crippen molar-refractivity contribution in [2.24, 2.45) is 0 Å². The van der Waals surface area contributed by atoms with Crippen LogP contribution in [-0.2, 0) is 9.84 Å². The number of halogens is 1. The van der Waals surface area contributed by atoms with Crippen molar-refractivity contribution in [3.8, 4) is 0 Å². The first kappa shape index (κ1) is 19.5. The first-order valence-electron chi connectivity index (χ1n) is 9.87. The van der Waals surface area contributed by atoms with Crippen molar-refractivity contribution in [3.05, 3.63) is 41.4 Å². The molecule has 0 N–H and O–H groups in total. The second-order valence-corrected chi connectivity index (χ2v) is 10.1. The molecule has 150 valence electrons. The maximum atomic E-state index is 12.8. The molecule has 1 aromatic heterocycles. The largest absolute Gasteiger partial charge is 0.368 e. The van der Waals surface area contributed by atoms with Crippen molar-refractivity contribution in [1.82, 2.24) is 10.2 Å². The zero-order valence-corrected chi connectivity index (χ0v) is 17.4. The lowest BCUT2D eigenvalue weighted by atomic mass is 10.0. The molecule has 1 aliphatic heterocycles. The lowest BCUT2D eigenvalue weighted by molar-refractivity contribution is 0.481. The number of rotatable bonds is 4. The van der Waals surface area contributed by atoms with Crippen LogP contribution in [0.25, 0.3) is 0 Å². The van der Waals surface area contributed by atoms with E-state index in [1.807, 2.05) is 24.3 Å². The van der Waals surface area contributed by atoms with Crippen LogP contribution in [0.4, 0.5) is 11.5 Å². The quantitative estimate of drug-likeness (QED) is 0.753. The van der Waals surface area contributed by atoms with E-state index in [4.69, 9.17) is 11.6 Å². The molecule has 0 spiro atoms. The van der Waals surface area contributed by atoms with Crippen molar-refractivity contribution in [2.75, 3.05) is 36.0 Å². The Morgan fingerprint density at radius 1 is 0.821 bits per heavy atom. The average Bonchev–Trinajstić information content (AvgIpc) is 2.75. The Bertz CT molecular complexity index is 889. The molecule has 1 saturated heterocycles. The molecule has 2 aromatic rings. The molecular weight excluding hydrogens is 396 g/mol. The smallest absolute Gasteiger partial charge is 0.200 e. The highest BCUT2D eigenvalue weighted by Gasteiger charge is 2.30. The van der Waals surface area contributed by atoms with Crippen molar-refractivity contribution in [1.29, 1.82) is 0 Å². The summed E-state index contributed by atoms with van der Waals surface area (Å²) >= 11 is 5.96. The Morgan fingerprint density at radius 2 is 1.46 bits per heavy atom. The number of benzene rings is 1. The summed E-state index contributed by atoms with van der Waals surface area (Å²) in [5.74, 6) is 0.735.